The Morgan fingerprint density at radius 3 is 2.61 bits per heavy atom. The van der Waals surface area contributed by atoms with E-state index in [-0.39, 0.29) is 12.1 Å². The van der Waals surface area contributed by atoms with Gasteiger partial charge in [0.25, 0.3) is 17.4 Å². The summed E-state index contributed by atoms with van der Waals surface area (Å²) in [5.41, 5.74) is 2.90. The van der Waals surface area contributed by atoms with Crippen molar-refractivity contribution in [3.63, 3.8) is 0 Å². The van der Waals surface area contributed by atoms with Crippen LogP contribution in [0.25, 0.3) is 20.7 Å². The van der Waals surface area contributed by atoms with Gasteiger partial charge < -0.3 is 5.32 Å². The van der Waals surface area contributed by atoms with Crippen LogP contribution in [0.4, 0.5) is 4.79 Å². The minimum atomic E-state index is -0.929. The number of urea groups is 1. The number of aryl methyl sites for hydroxylation is 1. The van der Waals surface area contributed by atoms with Crippen molar-refractivity contribution in [3.8, 4) is 10.4 Å². The molecule has 1 saturated carbocycles. The van der Waals surface area contributed by atoms with E-state index in [1.54, 1.807) is 0 Å². The molecule has 0 bridgehead atoms. The molecule has 0 unspecified atom stereocenters. The Balaban J connectivity index is 1.37. The molecule has 0 atom stereocenters. The number of hydrogen-bond acceptors (Lipinski definition) is 6. The highest BCUT2D eigenvalue weighted by atomic mass is 32.1. The molecule has 0 radical (unpaired) electrons. The molecule has 4 amide bonds. The number of rotatable bonds is 4. The van der Waals surface area contributed by atoms with Gasteiger partial charge in [-0.1, -0.05) is 49.6 Å². The molecule has 170 valence electrons. The van der Waals surface area contributed by atoms with Crippen LogP contribution in [-0.4, -0.2) is 37.9 Å². The van der Waals surface area contributed by atoms with Crippen LogP contribution in [0.15, 0.2) is 41.5 Å². The van der Waals surface area contributed by atoms with Crippen LogP contribution < -0.4 is 16.3 Å². The Morgan fingerprint density at radius 1 is 1.15 bits per heavy atom. The smallest absolute Gasteiger partial charge is 0.322 e. The molecule has 3 heterocycles. The lowest BCUT2D eigenvalue weighted by atomic mass is 9.82. The summed E-state index contributed by atoms with van der Waals surface area (Å²) in [5.74, 6) is -1.09. The molecule has 2 aromatic heterocycles. The molecule has 10 heteroatoms. The van der Waals surface area contributed by atoms with Crippen molar-refractivity contribution in [2.45, 2.75) is 51.1 Å². The van der Waals surface area contributed by atoms with Gasteiger partial charge in [0.05, 0.1) is 11.7 Å². The van der Waals surface area contributed by atoms with E-state index in [2.05, 4.69) is 15.7 Å². The van der Waals surface area contributed by atoms with Crippen molar-refractivity contribution in [3.05, 3.63) is 52.6 Å². The number of carbonyl (C=O) groups is 3. The molecule has 3 aromatic rings. The molecule has 1 aromatic carbocycles. The van der Waals surface area contributed by atoms with Gasteiger partial charge >= 0.3 is 6.03 Å². The summed E-state index contributed by atoms with van der Waals surface area (Å²) in [6.45, 7) is 1.51. The number of hydrazine groups is 1. The largest absolute Gasteiger partial charge is 0.344 e. The molecular formula is C23H23N5O4S. The minimum Gasteiger partial charge on any atom is -0.322 e. The van der Waals surface area contributed by atoms with Crippen molar-refractivity contribution in [1.82, 2.24) is 25.3 Å². The van der Waals surface area contributed by atoms with E-state index in [0.29, 0.717) is 23.1 Å². The maximum absolute atomic E-state index is 13.1. The number of imide groups is 1. The highest BCUT2D eigenvalue weighted by Gasteiger charge is 2.52. The van der Waals surface area contributed by atoms with E-state index < -0.39 is 23.4 Å². The van der Waals surface area contributed by atoms with Crippen LogP contribution in [-0.2, 0) is 16.1 Å². The lowest BCUT2D eigenvalue weighted by molar-refractivity contribution is -0.140. The fourth-order valence-corrected chi connectivity index (χ4v) is 5.81. The molecule has 2 fully saturated rings. The van der Waals surface area contributed by atoms with Crippen molar-refractivity contribution in [2.24, 2.45) is 0 Å². The van der Waals surface area contributed by atoms with E-state index >= 15 is 0 Å². The molecule has 33 heavy (non-hydrogen) atoms. The van der Waals surface area contributed by atoms with Gasteiger partial charge in [-0.2, -0.15) is 5.01 Å². The number of carbonyl (C=O) groups excluding carboxylic acids is 3. The number of amides is 4. The Labute approximate surface area is 193 Å². The summed E-state index contributed by atoms with van der Waals surface area (Å²) < 4.78 is 1.20. The van der Waals surface area contributed by atoms with E-state index in [4.69, 9.17) is 0 Å². The SMILES string of the molecule is Cc1c(-c2ccccc2)sc2ncn(CC(=O)NN3C(=O)NC4(CCCCC4)C3=O)c(=O)c12. The normalized spacial score (nSPS) is 17.5. The number of thiophene rings is 1. The zero-order chi connectivity index (χ0) is 23.2. The van der Waals surface area contributed by atoms with E-state index in [9.17, 15) is 19.2 Å². The topological polar surface area (TPSA) is 113 Å². The predicted octanol–water partition coefficient (Wildman–Crippen LogP) is 2.72. The van der Waals surface area contributed by atoms with E-state index in [0.717, 1.165) is 40.3 Å². The monoisotopic (exact) mass is 465 g/mol. The first-order valence-electron chi connectivity index (χ1n) is 10.9. The standard InChI is InChI=1S/C23H23N5O4S/c1-14-17-19(33-18(14)15-8-4-2-5-9-15)24-13-27(20(17)30)12-16(29)26-28-21(31)23(25-22(28)32)10-6-3-7-11-23/h2,4-5,8-9,13H,3,6-7,10-12H2,1H3,(H,25,32)(H,26,29). The van der Waals surface area contributed by atoms with Gasteiger partial charge in [0, 0.05) is 4.88 Å². The van der Waals surface area contributed by atoms with Crippen LogP contribution >= 0.6 is 11.3 Å². The Bertz CT molecular complexity index is 1320. The maximum atomic E-state index is 13.1. The molecule has 9 nitrogen and oxygen atoms in total. The lowest BCUT2D eigenvalue weighted by Gasteiger charge is -2.30. The van der Waals surface area contributed by atoms with Crippen molar-refractivity contribution in [2.75, 3.05) is 0 Å². The third-order valence-electron chi connectivity index (χ3n) is 6.37. The van der Waals surface area contributed by atoms with Crippen molar-refractivity contribution < 1.29 is 14.4 Å². The highest BCUT2D eigenvalue weighted by molar-refractivity contribution is 7.22. The second-order valence-corrected chi connectivity index (χ2v) is 9.53. The first-order valence-corrected chi connectivity index (χ1v) is 11.7. The van der Waals surface area contributed by atoms with Gasteiger partial charge in [0.1, 0.15) is 16.9 Å². The number of nitrogens with one attached hydrogen (secondary N) is 2. The number of benzene rings is 1. The average molecular weight is 466 g/mol. The molecule has 5 rings (SSSR count). The minimum absolute atomic E-state index is 0.341. The quantitative estimate of drug-likeness (QED) is 0.575. The summed E-state index contributed by atoms with van der Waals surface area (Å²) in [6.07, 6.45) is 5.16. The van der Waals surface area contributed by atoms with Crippen molar-refractivity contribution in [1.29, 1.82) is 0 Å². The van der Waals surface area contributed by atoms with Gasteiger partial charge in [0.15, 0.2) is 0 Å². The van der Waals surface area contributed by atoms with Gasteiger partial charge in [-0.3, -0.25) is 24.4 Å². The third-order valence-corrected chi connectivity index (χ3v) is 7.62. The summed E-state index contributed by atoms with van der Waals surface area (Å²) in [4.78, 5) is 56.9. The number of hydrogen-bond donors (Lipinski definition) is 2. The van der Waals surface area contributed by atoms with E-state index in [1.165, 1.54) is 22.2 Å². The number of nitrogens with zero attached hydrogens (tertiary/aromatic N) is 3. The van der Waals surface area contributed by atoms with Gasteiger partial charge in [0.2, 0.25) is 0 Å². The second kappa shape index (κ2) is 8.11. The fraction of sp³-hybridized carbons (Fsp3) is 0.348. The van der Waals surface area contributed by atoms with Crippen LogP contribution in [0.1, 0.15) is 37.7 Å². The molecular weight excluding hydrogens is 442 g/mol. The highest BCUT2D eigenvalue weighted by Crippen LogP contribution is 2.35. The molecule has 1 spiro atoms. The van der Waals surface area contributed by atoms with Crippen LogP contribution in [0, 0.1) is 6.92 Å². The van der Waals surface area contributed by atoms with Crippen LogP contribution in [0.5, 0.6) is 0 Å². The van der Waals surface area contributed by atoms with Crippen LogP contribution in [0.3, 0.4) is 0 Å². The zero-order valence-electron chi connectivity index (χ0n) is 18.1. The van der Waals surface area contributed by atoms with Crippen LogP contribution in [0.2, 0.25) is 0 Å². The lowest BCUT2D eigenvalue weighted by Crippen LogP contribution is -2.51. The first kappa shape index (κ1) is 21.3. The molecule has 1 aliphatic carbocycles. The summed E-state index contributed by atoms with van der Waals surface area (Å²) in [7, 11) is 0. The third kappa shape index (κ3) is 3.60. The Morgan fingerprint density at radius 2 is 1.88 bits per heavy atom. The summed E-state index contributed by atoms with van der Waals surface area (Å²) in [5, 5.41) is 3.95. The predicted molar refractivity (Wildman–Crippen MR) is 123 cm³/mol. The second-order valence-electron chi connectivity index (χ2n) is 8.53. The van der Waals surface area contributed by atoms with Gasteiger partial charge in [-0.15, -0.1) is 11.3 Å². The zero-order valence-corrected chi connectivity index (χ0v) is 18.9. The molecule has 2 N–H and O–H groups in total. The molecule has 2 aliphatic rings. The maximum Gasteiger partial charge on any atom is 0.344 e. The first-order chi connectivity index (χ1) is 15.9. The number of fused-ring (bicyclic) bond motifs is 1. The Kier molecular flexibility index (Phi) is 5.24. The fourth-order valence-electron chi connectivity index (χ4n) is 4.67. The van der Waals surface area contributed by atoms with Crippen molar-refractivity contribution >= 4 is 39.4 Å². The van der Waals surface area contributed by atoms with E-state index in [1.807, 2.05) is 37.3 Å². The summed E-state index contributed by atoms with van der Waals surface area (Å²) in [6, 6.07) is 9.10. The Hall–Kier alpha value is -3.53. The average Bonchev–Trinajstić information content (AvgIpc) is 3.26. The number of aromatic nitrogens is 2. The summed E-state index contributed by atoms with van der Waals surface area (Å²) >= 11 is 1.43. The van der Waals surface area contributed by atoms with Gasteiger partial charge in [-0.05, 0) is 30.9 Å². The molecule has 1 saturated heterocycles. The van der Waals surface area contributed by atoms with Gasteiger partial charge in [-0.25, -0.2) is 9.78 Å². The molecule has 1 aliphatic heterocycles.